The molecule has 1 aliphatic heterocycles. The van der Waals surface area contributed by atoms with Crippen molar-refractivity contribution in [3.05, 3.63) is 29.8 Å². The topological polar surface area (TPSA) is 53.8 Å². The molecule has 0 aromatic heterocycles. The second kappa shape index (κ2) is 5.87. The number of likely N-dealkylation sites (tertiary alicyclic amines) is 1. The van der Waals surface area contributed by atoms with Crippen molar-refractivity contribution in [2.24, 2.45) is 0 Å². The highest BCUT2D eigenvalue weighted by molar-refractivity contribution is 5.65. The molecule has 0 radical (unpaired) electrons. The predicted molar refractivity (Wildman–Crippen MR) is 65.3 cm³/mol. The Balaban J connectivity index is 2.17. The van der Waals surface area contributed by atoms with E-state index in [0.29, 0.717) is 0 Å². The van der Waals surface area contributed by atoms with Crippen LogP contribution in [-0.4, -0.2) is 26.2 Å². The number of ether oxygens (including phenoxy) is 1. The van der Waals surface area contributed by atoms with Gasteiger partial charge in [-0.25, -0.2) is 0 Å². The summed E-state index contributed by atoms with van der Waals surface area (Å²) in [7, 11) is 1.62. The zero-order valence-corrected chi connectivity index (χ0v) is 10.6. The number of hydrogen-bond donors (Lipinski definition) is 1. The summed E-state index contributed by atoms with van der Waals surface area (Å²) < 4.78 is 5.12. The summed E-state index contributed by atoms with van der Waals surface area (Å²) in [5.74, 6) is -0.183. The SMILES string of the molecule is COc1ccc([C@@H](CC(=O)[O-])[NH+]2CCCC2)cc1. The van der Waals surface area contributed by atoms with Gasteiger partial charge < -0.3 is 19.5 Å². The number of quaternary nitrogens is 1. The Morgan fingerprint density at radius 3 is 2.44 bits per heavy atom. The minimum Gasteiger partial charge on any atom is -0.550 e. The Morgan fingerprint density at radius 1 is 1.33 bits per heavy atom. The van der Waals surface area contributed by atoms with Crippen LogP contribution < -0.4 is 14.7 Å². The molecule has 0 saturated carbocycles. The average molecular weight is 249 g/mol. The summed E-state index contributed by atoms with van der Waals surface area (Å²) in [5.41, 5.74) is 1.05. The molecule has 4 heteroatoms. The van der Waals surface area contributed by atoms with Gasteiger partial charge >= 0.3 is 0 Å². The summed E-state index contributed by atoms with van der Waals surface area (Å²) >= 11 is 0. The fourth-order valence-corrected chi connectivity index (χ4v) is 2.68. The molecular weight excluding hydrogens is 230 g/mol. The fourth-order valence-electron chi connectivity index (χ4n) is 2.68. The number of aliphatic carboxylic acids is 1. The Labute approximate surface area is 107 Å². The standard InChI is InChI=1S/C14H19NO3/c1-18-12-6-4-11(5-7-12)13(10-14(16)17)15-8-2-3-9-15/h4-7,13H,2-3,8-10H2,1H3,(H,16,17)/t13-/m1/s1. The maximum absolute atomic E-state index is 10.9. The van der Waals surface area contributed by atoms with Crippen LogP contribution >= 0.6 is 0 Å². The first-order valence-electron chi connectivity index (χ1n) is 6.39. The monoisotopic (exact) mass is 249 g/mol. The number of carboxylic acids is 1. The summed E-state index contributed by atoms with van der Waals surface area (Å²) in [6.45, 7) is 2.09. The van der Waals surface area contributed by atoms with Gasteiger partial charge in [0.05, 0.1) is 20.2 Å². The van der Waals surface area contributed by atoms with Crippen LogP contribution in [0.4, 0.5) is 0 Å². The molecule has 1 aromatic rings. The first kappa shape index (κ1) is 12.9. The average Bonchev–Trinajstić information content (AvgIpc) is 2.89. The Bertz CT molecular complexity index is 396. The first-order valence-corrected chi connectivity index (χ1v) is 6.39. The van der Waals surface area contributed by atoms with Gasteiger partial charge in [0.15, 0.2) is 0 Å². The number of carboxylic acid groups (broad SMARTS) is 1. The summed E-state index contributed by atoms with van der Waals surface area (Å²) in [5, 5.41) is 10.9. The van der Waals surface area contributed by atoms with E-state index in [4.69, 9.17) is 4.74 Å². The van der Waals surface area contributed by atoms with Crippen LogP contribution in [0.3, 0.4) is 0 Å². The summed E-state index contributed by atoms with van der Waals surface area (Å²) in [6.07, 6.45) is 2.44. The lowest BCUT2D eigenvalue weighted by atomic mass is 10.0. The molecule has 0 spiro atoms. The van der Waals surface area contributed by atoms with Gasteiger partial charge in [0.1, 0.15) is 11.8 Å². The molecule has 1 atom stereocenters. The number of carbonyl (C=O) groups excluding carboxylic acids is 1. The minimum atomic E-state index is -0.977. The molecule has 18 heavy (non-hydrogen) atoms. The predicted octanol–water partition coefficient (Wildman–Crippen LogP) is -0.445. The molecule has 1 heterocycles. The smallest absolute Gasteiger partial charge is 0.118 e. The van der Waals surface area contributed by atoms with Gasteiger partial charge in [-0.15, -0.1) is 0 Å². The van der Waals surface area contributed by atoms with E-state index in [-0.39, 0.29) is 12.5 Å². The molecule has 0 aliphatic carbocycles. The van der Waals surface area contributed by atoms with Gasteiger partial charge in [0.2, 0.25) is 0 Å². The molecule has 2 rings (SSSR count). The lowest BCUT2D eigenvalue weighted by molar-refractivity contribution is -0.919. The zero-order valence-electron chi connectivity index (χ0n) is 10.6. The summed E-state index contributed by atoms with van der Waals surface area (Å²) in [4.78, 5) is 12.3. The molecule has 0 unspecified atom stereocenters. The van der Waals surface area contributed by atoms with Crippen LogP contribution in [0, 0.1) is 0 Å². The lowest BCUT2D eigenvalue weighted by Crippen LogP contribution is -3.10. The highest BCUT2D eigenvalue weighted by Gasteiger charge is 2.27. The number of carbonyl (C=O) groups is 1. The van der Waals surface area contributed by atoms with Crippen molar-refractivity contribution in [2.45, 2.75) is 25.3 Å². The number of benzene rings is 1. The first-order chi connectivity index (χ1) is 8.70. The van der Waals surface area contributed by atoms with Crippen LogP contribution in [0.15, 0.2) is 24.3 Å². The second-order valence-electron chi connectivity index (χ2n) is 4.77. The Morgan fingerprint density at radius 2 is 1.94 bits per heavy atom. The maximum atomic E-state index is 10.9. The largest absolute Gasteiger partial charge is 0.550 e. The third-order valence-electron chi connectivity index (χ3n) is 3.63. The van der Waals surface area contributed by atoms with Gasteiger partial charge in [-0.1, -0.05) is 0 Å². The van der Waals surface area contributed by atoms with Gasteiger partial charge in [0.25, 0.3) is 0 Å². The van der Waals surface area contributed by atoms with E-state index in [9.17, 15) is 9.90 Å². The highest BCUT2D eigenvalue weighted by Crippen LogP contribution is 2.18. The molecule has 98 valence electrons. The van der Waals surface area contributed by atoms with Crippen LogP contribution in [0.25, 0.3) is 0 Å². The summed E-state index contributed by atoms with van der Waals surface area (Å²) in [6, 6.07) is 7.68. The van der Waals surface area contributed by atoms with Crippen molar-refractivity contribution >= 4 is 5.97 Å². The molecular formula is C14H19NO3. The van der Waals surface area contributed by atoms with Gasteiger partial charge in [-0.05, 0) is 24.3 Å². The molecule has 1 aliphatic rings. The third-order valence-corrected chi connectivity index (χ3v) is 3.63. The molecule has 1 aromatic carbocycles. The van der Waals surface area contributed by atoms with Crippen LogP contribution in [0.1, 0.15) is 30.9 Å². The van der Waals surface area contributed by atoms with E-state index in [1.165, 1.54) is 17.7 Å². The van der Waals surface area contributed by atoms with Gasteiger partial charge in [-0.3, -0.25) is 0 Å². The van der Waals surface area contributed by atoms with Crippen molar-refractivity contribution < 1.29 is 19.5 Å². The number of nitrogens with one attached hydrogen (secondary N) is 1. The fraction of sp³-hybridized carbons (Fsp3) is 0.500. The second-order valence-corrected chi connectivity index (χ2v) is 4.77. The van der Waals surface area contributed by atoms with E-state index in [1.807, 2.05) is 24.3 Å². The van der Waals surface area contributed by atoms with Crippen molar-refractivity contribution in [1.29, 1.82) is 0 Å². The van der Waals surface area contributed by atoms with E-state index < -0.39 is 5.97 Å². The van der Waals surface area contributed by atoms with E-state index in [2.05, 4.69) is 0 Å². The zero-order chi connectivity index (χ0) is 13.0. The van der Waals surface area contributed by atoms with Gasteiger partial charge in [-0.2, -0.15) is 0 Å². The number of hydrogen-bond acceptors (Lipinski definition) is 3. The Kier molecular flexibility index (Phi) is 4.20. The van der Waals surface area contributed by atoms with E-state index in [0.717, 1.165) is 24.4 Å². The van der Waals surface area contributed by atoms with E-state index in [1.54, 1.807) is 7.11 Å². The number of methoxy groups -OCH3 is 1. The lowest BCUT2D eigenvalue weighted by Gasteiger charge is -2.25. The Hall–Kier alpha value is -1.55. The van der Waals surface area contributed by atoms with Gasteiger partial charge in [0, 0.05) is 30.8 Å². The van der Waals surface area contributed by atoms with Crippen molar-refractivity contribution in [3.8, 4) is 5.75 Å². The number of rotatable bonds is 5. The quantitative estimate of drug-likeness (QED) is 0.769. The normalized spacial score (nSPS) is 17.6. The van der Waals surface area contributed by atoms with Crippen LogP contribution in [0.2, 0.25) is 0 Å². The van der Waals surface area contributed by atoms with Crippen LogP contribution in [0.5, 0.6) is 5.75 Å². The van der Waals surface area contributed by atoms with Crippen LogP contribution in [-0.2, 0) is 4.79 Å². The maximum Gasteiger partial charge on any atom is 0.118 e. The molecule has 1 N–H and O–H groups in total. The van der Waals surface area contributed by atoms with E-state index >= 15 is 0 Å². The minimum absolute atomic E-state index is 0.00315. The molecule has 0 amide bonds. The van der Waals surface area contributed by atoms with Crippen molar-refractivity contribution in [3.63, 3.8) is 0 Å². The van der Waals surface area contributed by atoms with Crippen molar-refractivity contribution in [1.82, 2.24) is 0 Å². The molecule has 1 fully saturated rings. The molecule has 4 nitrogen and oxygen atoms in total. The molecule has 0 bridgehead atoms. The van der Waals surface area contributed by atoms with Crippen molar-refractivity contribution in [2.75, 3.05) is 20.2 Å². The molecule has 1 saturated heterocycles. The third kappa shape index (κ3) is 3.01. The highest BCUT2D eigenvalue weighted by atomic mass is 16.5.